The number of non-ortho nitro benzene ring substituents is 1. The van der Waals surface area contributed by atoms with Crippen LogP contribution in [0.1, 0.15) is 23.6 Å². The third kappa shape index (κ3) is 5.26. The fraction of sp³-hybridized carbons (Fsp3) is 0.227. The Labute approximate surface area is 189 Å². The van der Waals surface area contributed by atoms with E-state index in [-0.39, 0.29) is 5.69 Å². The molecule has 0 fully saturated rings. The molecule has 0 bridgehead atoms. The zero-order valence-corrected chi connectivity index (χ0v) is 18.3. The Kier molecular flexibility index (Phi) is 7.24. The van der Waals surface area contributed by atoms with Crippen molar-refractivity contribution in [3.05, 3.63) is 81.9 Å². The standard InChI is InChI=1S/C19H19N3O6.C3H4N2/c1-11-8-13-9-16(27-2)17(28-3)10-15(13)18(20-21(11)19(23)24)12-4-6-14(7-5-12)22(25)26;1-2-5-3-4-1/h4-7,9-11H,8H2,1-3H3,(H,23,24);1-3H,(H,4,5). The third-order valence-electron chi connectivity index (χ3n) is 4.96. The quantitative estimate of drug-likeness (QED) is 0.453. The van der Waals surface area contributed by atoms with Crippen LogP contribution in [0.4, 0.5) is 10.5 Å². The molecule has 4 rings (SSSR count). The molecule has 0 saturated heterocycles. The number of nitrogens with zero attached hydrogens (tertiary/aromatic N) is 4. The average molecular weight is 453 g/mol. The maximum Gasteiger partial charge on any atom is 0.428 e. The van der Waals surface area contributed by atoms with Crippen LogP contribution in [0.15, 0.2) is 60.2 Å². The maximum absolute atomic E-state index is 11.7. The predicted octanol–water partition coefficient (Wildman–Crippen LogP) is 3.70. The van der Waals surface area contributed by atoms with E-state index in [1.807, 2.05) is 0 Å². The number of carbonyl (C=O) groups is 1. The Morgan fingerprint density at radius 2 is 1.88 bits per heavy atom. The fourth-order valence-electron chi connectivity index (χ4n) is 3.38. The normalized spacial score (nSPS) is 14.7. The van der Waals surface area contributed by atoms with Crippen LogP contribution in [-0.4, -0.2) is 57.1 Å². The summed E-state index contributed by atoms with van der Waals surface area (Å²) in [5.41, 5.74) is 2.40. The molecule has 2 N–H and O–H groups in total. The summed E-state index contributed by atoms with van der Waals surface area (Å²) in [5, 5.41) is 25.9. The number of fused-ring (bicyclic) bond motifs is 1. The van der Waals surface area contributed by atoms with Crippen LogP contribution in [0, 0.1) is 10.1 Å². The Morgan fingerprint density at radius 3 is 2.36 bits per heavy atom. The number of aromatic amines is 1. The highest BCUT2D eigenvalue weighted by atomic mass is 16.6. The number of imidazole rings is 1. The van der Waals surface area contributed by atoms with E-state index >= 15 is 0 Å². The number of amides is 1. The molecule has 1 aliphatic rings. The predicted molar refractivity (Wildman–Crippen MR) is 120 cm³/mol. The molecule has 1 unspecified atom stereocenters. The minimum atomic E-state index is -1.18. The highest BCUT2D eigenvalue weighted by molar-refractivity contribution is 6.14. The number of carboxylic acid groups (broad SMARTS) is 1. The van der Waals surface area contributed by atoms with Crippen molar-refractivity contribution in [3.8, 4) is 11.5 Å². The van der Waals surface area contributed by atoms with Crippen molar-refractivity contribution >= 4 is 17.5 Å². The van der Waals surface area contributed by atoms with Gasteiger partial charge in [0.15, 0.2) is 11.5 Å². The van der Waals surface area contributed by atoms with Gasteiger partial charge in [0.1, 0.15) is 0 Å². The summed E-state index contributed by atoms with van der Waals surface area (Å²) in [5.74, 6) is 1.01. The SMILES string of the molecule is COc1cc2c(cc1OC)C(c1ccc([N+](=O)[O-])cc1)=NN(C(=O)O)C(C)C2.c1c[nH]cn1. The lowest BCUT2D eigenvalue weighted by molar-refractivity contribution is -0.384. The minimum absolute atomic E-state index is 0.0611. The van der Waals surface area contributed by atoms with Crippen molar-refractivity contribution in [2.24, 2.45) is 5.10 Å². The molecule has 0 radical (unpaired) electrons. The van der Waals surface area contributed by atoms with Gasteiger partial charge in [0.2, 0.25) is 0 Å². The molecule has 3 aromatic rings. The molecule has 1 aromatic heterocycles. The number of methoxy groups -OCH3 is 2. The van der Waals surface area contributed by atoms with Gasteiger partial charge in [-0.25, -0.2) is 9.78 Å². The monoisotopic (exact) mass is 453 g/mol. The van der Waals surface area contributed by atoms with Gasteiger partial charge in [-0.15, -0.1) is 0 Å². The molecule has 0 spiro atoms. The van der Waals surface area contributed by atoms with Crippen molar-refractivity contribution in [3.63, 3.8) is 0 Å². The first-order valence-corrected chi connectivity index (χ1v) is 9.89. The minimum Gasteiger partial charge on any atom is -0.493 e. The molecule has 172 valence electrons. The van der Waals surface area contributed by atoms with Gasteiger partial charge in [-0.05, 0) is 43.2 Å². The number of nitro benzene ring substituents is 1. The number of ether oxygens (including phenoxy) is 2. The molecular weight excluding hydrogens is 430 g/mol. The molecular formula is C22H23N5O6. The molecule has 2 heterocycles. The Hall–Kier alpha value is -4.41. The summed E-state index contributed by atoms with van der Waals surface area (Å²) >= 11 is 0. The third-order valence-corrected chi connectivity index (χ3v) is 4.96. The second-order valence-electron chi connectivity index (χ2n) is 7.06. The number of nitro groups is 1. The lowest BCUT2D eigenvalue weighted by atomic mass is 9.94. The van der Waals surface area contributed by atoms with E-state index in [0.29, 0.717) is 34.8 Å². The number of hydrogen-bond donors (Lipinski definition) is 2. The van der Waals surface area contributed by atoms with E-state index in [1.54, 1.807) is 49.9 Å². The fourth-order valence-corrected chi connectivity index (χ4v) is 3.38. The van der Waals surface area contributed by atoms with Crippen LogP contribution in [0.2, 0.25) is 0 Å². The topological polar surface area (TPSA) is 143 Å². The Bertz CT molecular complexity index is 1130. The van der Waals surface area contributed by atoms with Gasteiger partial charge >= 0.3 is 6.09 Å². The van der Waals surface area contributed by atoms with E-state index in [0.717, 1.165) is 10.6 Å². The first kappa shape index (κ1) is 23.3. The summed E-state index contributed by atoms with van der Waals surface area (Å²) in [7, 11) is 3.04. The molecule has 33 heavy (non-hydrogen) atoms. The number of nitrogens with one attached hydrogen (secondary N) is 1. The summed E-state index contributed by atoms with van der Waals surface area (Å²) in [6.45, 7) is 1.76. The van der Waals surface area contributed by atoms with Crippen molar-refractivity contribution in [1.82, 2.24) is 15.0 Å². The summed E-state index contributed by atoms with van der Waals surface area (Å²) in [4.78, 5) is 28.6. The van der Waals surface area contributed by atoms with E-state index in [4.69, 9.17) is 9.47 Å². The van der Waals surface area contributed by atoms with E-state index < -0.39 is 17.1 Å². The number of rotatable bonds is 4. The van der Waals surface area contributed by atoms with E-state index in [9.17, 15) is 20.0 Å². The van der Waals surface area contributed by atoms with Crippen LogP contribution < -0.4 is 9.47 Å². The molecule has 2 aromatic carbocycles. The maximum atomic E-state index is 11.7. The lowest BCUT2D eigenvalue weighted by Gasteiger charge is -2.19. The van der Waals surface area contributed by atoms with Crippen LogP contribution in [0.5, 0.6) is 11.5 Å². The zero-order chi connectivity index (χ0) is 24.0. The molecule has 1 atom stereocenters. The van der Waals surface area contributed by atoms with E-state index in [2.05, 4.69) is 15.1 Å². The van der Waals surface area contributed by atoms with Crippen LogP contribution in [0.25, 0.3) is 0 Å². The van der Waals surface area contributed by atoms with Gasteiger partial charge in [0.05, 0.1) is 37.2 Å². The molecule has 0 saturated carbocycles. The van der Waals surface area contributed by atoms with Gasteiger partial charge in [0.25, 0.3) is 5.69 Å². The Morgan fingerprint density at radius 1 is 1.21 bits per heavy atom. The second-order valence-corrected chi connectivity index (χ2v) is 7.06. The van der Waals surface area contributed by atoms with Crippen molar-refractivity contribution in [2.75, 3.05) is 14.2 Å². The zero-order valence-electron chi connectivity index (χ0n) is 18.3. The first-order chi connectivity index (χ1) is 15.8. The molecule has 1 aliphatic heterocycles. The van der Waals surface area contributed by atoms with Gasteiger partial charge in [-0.2, -0.15) is 10.1 Å². The molecule has 1 amide bonds. The van der Waals surface area contributed by atoms with Crippen LogP contribution >= 0.6 is 0 Å². The van der Waals surface area contributed by atoms with Crippen molar-refractivity contribution in [1.29, 1.82) is 0 Å². The Balaban J connectivity index is 0.000000541. The largest absolute Gasteiger partial charge is 0.493 e. The van der Waals surface area contributed by atoms with Gasteiger partial charge < -0.3 is 19.6 Å². The highest BCUT2D eigenvalue weighted by Crippen LogP contribution is 2.34. The number of benzene rings is 2. The second kappa shape index (κ2) is 10.3. The number of H-pyrrole nitrogens is 1. The van der Waals surface area contributed by atoms with Gasteiger partial charge in [0, 0.05) is 35.7 Å². The highest BCUT2D eigenvalue weighted by Gasteiger charge is 2.28. The number of hydrogen-bond acceptors (Lipinski definition) is 7. The summed E-state index contributed by atoms with van der Waals surface area (Å²) < 4.78 is 10.7. The number of hydrazone groups is 1. The summed E-state index contributed by atoms with van der Waals surface area (Å²) in [6.07, 6.45) is 4.32. The van der Waals surface area contributed by atoms with Crippen LogP contribution in [-0.2, 0) is 6.42 Å². The molecule has 11 nitrogen and oxygen atoms in total. The molecule has 0 aliphatic carbocycles. The molecule has 11 heteroatoms. The van der Waals surface area contributed by atoms with Crippen LogP contribution in [0.3, 0.4) is 0 Å². The van der Waals surface area contributed by atoms with Gasteiger partial charge in [-0.3, -0.25) is 10.1 Å². The first-order valence-electron chi connectivity index (χ1n) is 9.89. The van der Waals surface area contributed by atoms with Gasteiger partial charge in [-0.1, -0.05) is 0 Å². The summed E-state index contributed by atoms with van der Waals surface area (Å²) in [6, 6.07) is 8.95. The van der Waals surface area contributed by atoms with Crippen molar-refractivity contribution in [2.45, 2.75) is 19.4 Å². The number of aromatic nitrogens is 2. The van der Waals surface area contributed by atoms with Crippen molar-refractivity contribution < 1.29 is 24.3 Å². The average Bonchev–Trinajstić information content (AvgIpc) is 3.36. The lowest BCUT2D eigenvalue weighted by Crippen LogP contribution is -2.34. The smallest absolute Gasteiger partial charge is 0.428 e. The van der Waals surface area contributed by atoms with E-state index in [1.165, 1.54) is 26.4 Å².